The average molecular weight is 197 g/mol. The maximum atomic E-state index is 11.1. The van der Waals surface area contributed by atoms with Gasteiger partial charge in [-0.3, -0.25) is 0 Å². The summed E-state index contributed by atoms with van der Waals surface area (Å²) in [6, 6.07) is 1.20. The second-order valence-electron chi connectivity index (χ2n) is 2.25. The molecule has 1 rings (SSSR count). The highest BCUT2D eigenvalue weighted by Gasteiger charge is 2.18. The number of aromatic nitrogens is 2. The summed E-state index contributed by atoms with van der Waals surface area (Å²) >= 11 is 0. The highest BCUT2D eigenvalue weighted by molar-refractivity contribution is 5.87. The van der Waals surface area contributed by atoms with E-state index in [9.17, 15) is 14.9 Å². The first-order valence-electron chi connectivity index (χ1n) is 3.63. The molecule has 0 saturated carbocycles. The minimum Gasteiger partial charge on any atom is -0.455 e. The Morgan fingerprint density at radius 3 is 3.07 bits per heavy atom. The molecular weight excluding hydrogens is 190 g/mol. The minimum atomic E-state index is -0.760. The van der Waals surface area contributed by atoms with Crippen LogP contribution in [0.2, 0.25) is 0 Å². The van der Waals surface area contributed by atoms with Crippen LogP contribution in [-0.2, 0) is 4.74 Å². The molecule has 0 atom stereocenters. The van der Waals surface area contributed by atoms with Gasteiger partial charge in [0.2, 0.25) is 0 Å². The third-order valence-electron chi connectivity index (χ3n) is 1.28. The first-order chi connectivity index (χ1) is 6.65. The Balaban J connectivity index is 2.71. The van der Waals surface area contributed by atoms with Crippen molar-refractivity contribution in [2.45, 2.75) is 0 Å². The van der Waals surface area contributed by atoms with E-state index >= 15 is 0 Å². The van der Waals surface area contributed by atoms with E-state index in [2.05, 4.69) is 16.4 Å². The number of carbonyl (C=O) groups is 1. The molecule has 7 nitrogen and oxygen atoms in total. The Morgan fingerprint density at radius 1 is 1.86 bits per heavy atom. The van der Waals surface area contributed by atoms with E-state index in [1.807, 2.05) is 0 Å². The average Bonchev–Trinajstić information content (AvgIpc) is 2.62. The molecule has 0 fully saturated rings. The van der Waals surface area contributed by atoms with Gasteiger partial charge in [0.15, 0.2) is 0 Å². The van der Waals surface area contributed by atoms with Gasteiger partial charge in [-0.1, -0.05) is 12.7 Å². The molecule has 14 heavy (non-hydrogen) atoms. The summed E-state index contributed by atoms with van der Waals surface area (Å²) in [7, 11) is 0. The van der Waals surface area contributed by atoms with E-state index in [1.54, 1.807) is 0 Å². The zero-order chi connectivity index (χ0) is 10.6. The molecule has 1 aromatic heterocycles. The zero-order valence-electron chi connectivity index (χ0n) is 7.12. The quantitative estimate of drug-likeness (QED) is 0.299. The lowest BCUT2D eigenvalue weighted by molar-refractivity contribution is -0.552. The maximum Gasteiger partial charge on any atom is 0.385 e. The van der Waals surface area contributed by atoms with Crippen molar-refractivity contribution in [1.82, 2.24) is 9.89 Å². The predicted molar refractivity (Wildman–Crippen MR) is 45.1 cm³/mol. The van der Waals surface area contributed by atoms with Crippen molar-refractivity contribution in [1.29, 1.82) is 0 Å². The van der Waals surface area contributed by atoms with Gasteiger partial charge < -0.3 is 14.9 Å². The molecular formula is C7H7N3O4. The lowest BCUT2D eigenvalue weighted by Crippen LogP contribution is -2.12. The molecule has 0 aliphatic rings. The molecule has 0 aromatic carbocycles. The first kappa shape index (κ1) is 9.90. The van der Waals surface area contributed by atoms with Crippen LogP contribution in [0, 0.1) is 10.1 Å². The number of hydrogen-bond donors (Lipinski definition) is 0. The molecule has 0 amide bonds. The third-order valence-corrected chi connectivity index (χ3v) is 1.28. The second kappa shape index (κ2) is 4.17. The number of nitro groups is 1. The van der Waals surface area contributed by atoms with Gasteiger partial charge in [-0.05, 0) is 0 Å². The summed E-state index contributed by atoms with van der Waals surface area (Å²) in [6.45, 7) is 3.39. The van der Waals surface area contributed by atoms with Crippen LogP contribution >= 0.6 is 0 Å². The van der Waals surface area contributed by atoms with Crippen LogP contribution in [0.15, 0.2) is 24.9 Å². The molecule has 1 heterocycles. The van der Waals surface area contributed by atoms with Crippen molar-refractivity contribution in [3.05, 3.63) is 40.7 Å². The molecule has 1 aromatic rings. The van der Waals surface area contributed by atoms with E-state index in [4.69, 9.17) is 0 Å². The summed E-state index contributed by atoms with van der Waals surface area (Å²) in [5, 5.41) is 12.8. The van der Waals surface area contributed by atoms with Gasteiger partial charge in [0.1, 0.15) is 12.8 Å². The number of rotatable bonds is 4. The zero-order valence-corrected chi connectivity index (χ0v) is 7.12. The minimum absolute atomic E-state index is 0.0458. The lowest BCUT2D eigenvalue weighted by atomic mass is 10.4. The van der Waals surface area contributed by atoms with Gasteiger partial charge in [-0.15, -0.1) is 0 Å². The van der Waals surface area contributed by atoms with Crippen molar-refractivity contribution in [3.8, 4) is 0 Å². The van der Waals surface area contributed by atoms with Gasteiger partial charge in [0.05, 0.1) is 10.1 Å². The molecule has 0 bridgehead atoms. The fourth-order valence-corrected chi connectivity index (χ4v) is 0.723. The van der Waals surface area contributed by atoms with Crippen LogP contribution in [-0.4, -0.2) is 27.5 Å². The summed E-state index contributed by atoms with van der Waals surface area (Å²) in [5.41, 5.74) is -0.108. The first-order valence-corrected chi connectivity index (χ1v) is 3.63. The summed E-state index contributed by atoms with van der Waals surface area (Å²) in [4.78, 5) is 21.7. The molecule has 0 aliphatic carbocycles. The van der Waals surface area contributed by atoms with E-state index in [0.29, 0.717) is 4.79 Å². The SMILES string of the molecule is C=CCOC(=O)c1ccn([N+](=O)[O-])n1. The highest BCUT2D eigenvalue weighted by atomic mass is 16.7. The van der Waals surface area contributed by atoms with E-state index in [1.165, 1.54) is 12.1 Å². The van der Waals surface area contributed by atoms with Crippen LogP contribution < -0.4 is 0 Å². The van der Waals surface area contributed by atoms with Crippen LogP contribution in [0.25, 0.3) is 0 Å². The topological polar surface area (TPSA) is 87.3 Å². The molecule has 0 unspecified atom stereocenters. The normalized spacial score (nSPS) is 9.43. The molecule has 0 N–H and O–H groups in total. The number of ether oxygens (including phenoxy) is 1. The maximum absolute atomic E-state index is 11.1. The van der Waals surface area contributed by atoms with Crippen molar-refractivity contribution < 1.29 is 14.6 Å². The number of nitrogens with zero attached hydrogens (tertiary/aromatic N) is 3. The third kappa shape index (κ3) is 2.16. The Labute approximate surface area is 78.7 Å². The van der Waals surface area contributed by atoms with Gasteiger partial charge in [-0.25, -0.2) is 4.79 Å². The van der Waals surface area contributed by atoms with Crippen LogP contribution in [0.1, 0.15) is 10.5 Å². The van der Waals surface area contributed by atoms with Gasteiger partial charge in [0, 0.05) is 10.9 Å². The monoisotopic (exact) mass is 197 g/mol. The molecule has 74 valence electrons. The molecule has 0 aliphatic heterocycles. The number of carbonyl (C=O) groups excluding carboxylic acids is 1. The molecule has 0 spiro atoms. The largest absolute Gasteiger partial charge is 0.455 e. The summed E-state index contributed by atoms with van der Waals surface area (Å²) in [5.74, 6) is -0.717. The van der Waals surface area contributed by atoms with Crippen LogP contribution in [0.3, 0.4) is 0 Å². The van der Waals surface area contributed by atoms with Crippen LogP contribution in [0.5, 0.6) is 0 Å². The van der Waals surface area contributed by atoms with Crippen molar-refractivity contribution >= 4 is 5.97 Å². The van der Waals surface area contributed by atoms with Crippen molar-refractivity contribution in [3.63, 3.8) is 0 Å². The van der Waals surface area contributed by atoms with Crippen molar-refractivity contribution in [2.75, 3.05) is 6.61 Å². The predicted octanol–water partition coefficient (Wildman–Crippen LogP) is 0.266. The molecule has 0 saturated heterocycles. The molecule has 7 heteroatoms. The number of hydrogen-bond acceptors (Lipinski definition) is 5. The fraction of sp³-hybridized carbons (Fsp3) is 0.143. The van der Waals surface area contributed by atoms with Gasteiger partial charge in [-0.2, -0.15) is 0 Å². The molecule has 0 radical (unpaired) electrons. The smallest absolute Gasteiger partial charge is 0.385 e. The van der Waals surface area contributed by atoms with E-state index in [0.717, 1.165) is 6.20 Å². The van der Waals surface area contributed by atoms with Crippen LogP contribution in [0.4, 0.5) is 0 Å². The Morgan fingerprint density at radius 2 is 2.57 bits per heavy atom. The summed E-state index contributed by atoms with van der Waals surface area (Å²) < 4.78 is 4.61. The second-order valence-corrected chi connectivity index (χ2v) is 2.25. The summed E-state index contributed by atoms with van der Waals surface area (Å²) in [6.07, 6.45) is 2.45. The Kier molecular flexibility index (Phi) is 2.95. The fourth-order valence-electron chi connectivity index (χ4n) is 0.723. The lowest BCUT2D eigenvalue weighted by Gasteiger charge is -1.93. The Hall–Kier alpha value is -2.18. The standard InChI is InChI=1S/C7H7N3O4/c1-2-5-14-7(11)6-3-4-9(8-6)10(12)13/h2-4H,1,5H2. The van der Waals surface area contributed by atoms with E-state index < -0.39 is 11.0 Å². The van der Waals surface area contributed by atoms with Gasteiger partial charge in [0.25, 0.3) is 5.69 Å². The Bertz CT molecular complexity index is 371. The van der Waals surface area contributed by atoms with E-state index in [-0.39, 0.29) is 12.3 Å². The highest BCUT2D eigenvalue weighted by Crippen LogP contribution is 1.98. The van der Waals surface area contributed by atoms with Gasteiger partial charge >= 0.3 is 5.97 Å². The van der Waals surface area contributed by atoms with Crippen molar-refractivity contribution in [2.24, 2.45) is 0 Å². The number of esters is 1.